The van der Waals surface area contributed by atoms with Gasteiger partial charge in [0.1, 0.15) is 5.82 Å². The molecule has 0 aromatic heterocycles. The second-order valence-electron chi connectivity index (χ2n) is 9.99. The van der Waals surface area contributed by atoms with Crippen LogP contribution in [0.3, 0.4) is 0 Å². The van der Waals surface area contributed by atoms with Crippen molar-refractivity contribution in [2.75, 3.05) is 34.4 Å². The monoisotopic (exact) mass is 541 g/mol. The molecule has 1 aliphatic carbocycles. The number of hydrogen-bond acceptors (Lipinski definition) is 6. The van der Waals surface area contributed by atoms with E-state index in [1.54, 1.807) is 17.0 Å². The molecule has 9 nitrogen and oxygen atoms in total. The lowest BCUT2D eigenvalue weighted by Crippen LogP contribution is -2.55. The summed E-state index contributed by atoms with van der Waals surface area (Å²) >= 11 is 0. The first-order valence-electron chi connectivity index (χ1n) is 13.3. The van der Waals surface area contributed by atoms with Crippen molar-refractivity contribution in [1.82, 2.24) is 15.5 Å². The molecule has 2 fully saturated rings. The van der Waals surface area contributed by atoms with Crippen LogP contribution >= 0.6 is 0 Å². The molecule has 0 radical (unpaired) electrons. The summed E-state index contributed by atoms with van der Waals surface area (Å²) in [5.41, 5.74) is 0.765. The van der Waals surface area contributed by atoms with Crippen LogP contribution in [0.25, 0.3) is 0 Å². The lowest BCUT2D eigenvalue weighted by molar-refractivity contribution is -0.127. The minimum absolute atomic E-state index is 0.120. The summed E-state index contributed by atoms with van der Waals surface area (Å²) in [6.07, 6.45) is 4.76. The number of amides is 3. The largest absolute Gasteiger partial charge is 0.493 e. The second-order valence-corrected chi connectivity index (χ2v) is 9.99. The van der Waals surface area contributed by atoms with Crippen molar-refractivity contribution in [3.8, 4) is 17.2 Å². The summed E-state index contributed by atoms with van der Waals surface area (Å²) < 4.78 is 29.4. The molecular formula is C29H36FN3O6. The number of piperidine rings is 1. The van der Waals surface area contributed by atoms with Gasteiger partial charge >= 0.3 is 0 Å². The summed E-state index contributed by atoms with van der Waals surface area (Å²) in [5.74, 6) is -0.212. The van der Waals surface area contributed by atoms with Gasteiger partial charge in [-0.3, -0.25) is 14.4 Å². The number of rotatable bonds is 8. The van der Waals surface area contributed by atoms with Crippen molar-refractivity contribution in [2.45, 2.75) is 50.6 Å². The molecule has 2 aromatic carbocycles. The molecule has 3 amide bonds. The van der Waals surface area contributed by atoms with Gasteiger partial charge in [0.05, 0.1) is 27.2 Å². The van der Waals surface area contributed by atoms with Crippen LogP contribution in [0.1, 0.15) is 59.2 Å². The number of carbonyl (C=O) groups excluding carboxylic acids is 3. The van der Waals surface area contributed by atoms with E-state index in [1.165, 1.54) is 45.6 Å². The van der Waals surface area contributed by atoms with Gasteiger partial charge in [-0.05, 0) is 62.1 Å². The highest BCUT2D eigenvalue weighted by Gasteiger charge is 2.34. The Morgan fingerprint density at radius 2 is 1.44 bits per heavy atom. The Morgan fingerprint density at radius 3 is 2.03 bits per heavy atom. The average molecular weight is 542 g/mol. The molecular weight excluding hydrogens is 505 g/mol. The van der Waals surface area contributed by atoms with Gasteiger partial charge in [0.15, 0.2) is 11.5 Å². The van der Waals surface area contributed by atoms with Crippen molar-refractivity contribution >= 4 is 17.7 Å². The zero-order valence-corrected chi connectivity index (χ0v) is 22.6. The van der Waals surface area contributed by atoms with E-state index in [-0.39, 0.29) is 35.7 Å². The predicted molar refractivity (Wildman–Crippen MR) is 143 cm³/mol. The fraction of sp³-hybridized carbons (Fsp3) is 0.483. The molecule has 3 atom stereocenters. The maximum absolute atomic E-state index is 13.4. The highest BCUT2D eigenvalue weighted by Crippen LogP contribution is 2.38. The van der Waals surface area contributed by atoms with Gasteiger partial charge in [-0.25, -0.2) is 4.39 Å². The van der Waals surface area contributed by atoms with Gasteiger partial charge in [0.25, 0.3) is 11.8 Å². The van der Waals surface area contributed by atoms with E-state index in [4.69, 9.17) is 14.2 Å². The van der Waals surface area contributed by atoms with Gasteiger partial charge in [-0.15, -0.1) is 0 Å². The average Bonchev–Trinajstić information content (AvgIpc) is 2.97. The summed E-state index contributed by atoms with van der Waals surface area (Å²) in [5, 5.41) is 6.17. The third kappa shape index (κ3) is 6.61. The van der Waals surface area contributed by atoms with Crippen molar-refractivity contribution in [2.24, 2.45) is 5.92 Å². The highest BCUT2D eigenvalue weighted by atomic mass is 19.1. The quantitative estimate of drug-likeness (QED) is 0.530. The number of carbonyl (C=O) groups is 3. The molecule has 1 saturated carbocycles. The van der Waals surface area contributed by atoms with E-state index >= 15 is 0 Å². The van der Waals surface area contributed by atoms with Gasteiger partial charge in [-0.1, -0.05) is 12.8 Å². The number of nitrogens with one attached hydrogen (secondary N) is 2. The molecule has 1 heterocycles. The first-order valence-corrected chi connectivity index (χ1v) is 13.3. The first-order chi connectivity index (χ1) is 18.8. The zero-order chi connectivity index (χ0) is 27.9. The Labute approximate surface area is 228 Å². The number of halogens is 1. The van der Waals surface area contributed by atoms with Gasteiger partial charge in [-0.2, -0.15) is 0 Å². The Balaban J connectivity index is 1.40. The molecule has 39 heavy (non-hydrogen) atoms. The minimum Gasteiger partial charge on any atom is -0.493 e. The van der Waals surface area contributed by atoms with Crippen LogP contribution in [0.4, 0.5) is 4.39 Å². The van der Waals surface area contributed by atoms with E-state index in [2.05, 4.69) is 10.6 Å². The van der Waals surface area contributed by atoms with Gasteiger partial charge in [0, 0.05) is 36.3 Å². The van der Waals surface area contributed by atoms with E-state index < -0.39 is 5.82 Å². The van der Waals surface area contributed by atoms with Gasteiger partial charge < -0.3 is 29.7 Å². The van der Waals surface area contributed by atoms with Crippen LogP contribution in [0.2, 0.25) is 0 Å². The molecule has 2 aromatic rings. The van der Waals surface area contributed by atoms with Crippen molar-refractivity contribution in [1.29, 1.82) is 0 Å². The fourth-order valence-electron chi connectivity index (χ4n) is 5.39. The molecule has 2 aliphatic rings. The Kier molecular flexibility index (Phi) is 9.27. The zero-order valence-electron chi connectivity index (χ0n) is 22.6. The standard InChI is InChI=1S/C29H36FN3O6/c1-37-24-15-20(16-25(38-2)26(24)39-3)29(36)33-14-6-7-19(17-33)28(35)32-23-9-5-4-8-22(23)31-27(34)18-10-12-21(30)13-11-18/h10-13,15-16,19,22-23H,4-9,14,17H2,1-3H3,(H,31,34)(H,32,35)/t19?,22-,23?/m1/s1. The van der Waals surface area contributed by atoms with Crippen LogP contribution in [0, 0.1) is 11.7 Å². The van der Waals surface area contributed by atoms with Crippen molar-refractivity contribution in [3.63, 3.8) is 0 Å². The molecule has 4 rings (SSSR count). The molecule has 0 bridgehead atoms. The van der Waals surface area contributed by atoms with E-state index in [0.29, 0.717) is 54.3 Å². The molecule has 210 valence electrons. The second kappa shape index (κ2) is 12.8. The number of methoxy groups -OCH3 is 3. The molecule has 0 spiro atoms. The smallest absolute Gasteiger partial charge is 0.254 e. The third-order valence-corrected chi connectivity index (χ3v) is 7.51. The number of ether oxygens (including phenoxy) is 3. The Hall–Kier alpha value is -3.82. The number of nitrogens with zero attached hydrogens (tertiary/aromatic N) is 1. The summed E-state index contributed by atoms with van der Waals surface area (Å²) in [6, 6.07) is 8.20. The third-order valence-electron chi connectivity index (χ3n) is 7.51. The van der Waals surface area contributed by atoms with Gasteiger partial charge in [0.2, 0.25) is 11.7 Å². The van der Waals surface area contributed by atoms with Crippen LogP contribution in [-0.4, -0.2) is 69.1 Å². The number of benzene rings is 2. The summed E-state index contributed by atoms with van der Waals surface area (Å²) in [7, 11) is 4.49. The molecule has 2 unspecified atom stereocenters. The Bertz CT molecular complexity index is 1160. The summed E-state index contributed by atoms with van der Waals surface area (Å²) in [6.45, 7) is 0.833. The van der Waals surface area contributed by atoms with Crippen LogP contribution < -0.4 is 24.8 Å². The summed E-state index contributed by atoms with van der Waals surface area (Å²) in [4.78, 5) is 41.1. The van der Waals surface area contributed by atoms with E-state index in [1.807, 2.05) is 0 Å². The highest BCUT2D eigenvalue weighted by molar-refractivity contribution is 5.96. The minimum atomic E-state index is -0.403. The maximum Gasteiger partial charge on any atom is 0.254 e. The van der Waals surface area contributed by atoms with Crippen molar-refractivity contribution in [3.05, 3.63) is 53.3 Å². The molecule has 10 heteroatoms. The lowest BCUT2D eigenvalue weighted by Gasteiger charge is -2.36. The predicted octanol–water partition coefficient (Wildman–Crippen LogP) is 3.56. The lowest BCUT2D eigenvalue weighted by atomic mass is 9.88. The van der Waals surface area contributed by atoms with Crippen LogP contribution in [0.5, 0.6) is 17.2 Å². The van der Waals surface area contributed by atoms with E-state index in [0.717, 1.165) is 25.7 Å². The normalized spacial score (nSPS) is 21.0. The number of hydrogen-bond donors (Lipinski definition) is 2. The topological polar surface area (TPSA) is 106 Å². The maximum atomic E-state index is 13.4. The SMILES string of the molecule is COc1cc(C(=O)N2CCCC(C(=O)NC3CCCC[C@H]3NC(=O)c3ccc(F)cc3)C2)cc(OC)c1OC. The Morgan fingerprint density at radius 1 is 0.821 bits per heavy atom. The molecule has 2 N–H and O–H groups in total. The molecule has 1 aliphatic heterocycles. The van der Waals surface area contributed by atoms with Crippen LogP contribution in [0.15, 0.2) is 36.4 Å². The van der Waals surface area contributed by atoms with E-state index in [9.17, 15) is 18.8 Å². The van der Waals surface area contributed by atoms with Crippen molar-refractivity contribution < 1.29 is 33.0 Å². The fourth-order valence-corrected chi connectivity index (χ4v) is 5.39. The van der Waals surface area contributed by atoms with Crippen LogP contribution in [-0.2, 0) is 4.79 Å². The molecule has 1 saturated heterocycles. The first kappa shape index (κ1) is 28.2. The number of likely N-dealkylation sites (tertiary alicyclic amines) is 1.